The van der Waals surface area contributed by atoms with Crippen molar-refractivity contribution < 1.29 is 9.63 Å². The van der Waals surface area contributed by atoms with Gasteiger partial charge in [0.2, 0.25) is 5.82 Å². The van der Waals surface area contributed by atoms with E-state index >= 15 is 0 Å². The highest BCUT2D eigenvalue weighted by atomic mass is 16.5. The predicted molar refractivity (Wildman–Crippen MR) is 114 cm³/mol. The molecule has 0 radical (unpaired) electrons. The first-order valence-corrected chi connectivity index (χ1v) is 10.3. The van der Waals surface area contributed by atoms with Crippen LogP contribution in [0.15, 0.2) is 59.1 Å². The first-order chi connectivity index (χ1) is 14.5. The zero-order valence-corrected chi connectivity index (χ0v) is 17.2. The summed E-state index contributed by atoms with van der Waals surface area (Å²) in [7, 11) is 0. The van der Waals surface area contributed by atoms with Gasteiger partial charge in [-0.1, -0.05) is 59.3 Å². The Labute approximate surface area is 175 Å². The molecule has 1 fully saturated rings. The van der Waals surface area contributed by atoms with E-state index < -0.39 is 5.60 Å². The van der Waals surface area contributed by atoms with Crippen molar-refractivity contribution in [2.45, 2.75) is 45.3 Å². The second-order valence-electron chi connectivity index (χ2n) is 8.20. The van der Waals surface area contributed by atoms with Gasteiger partial charge in [-0.3, -0.25) is 4.68 Å². The highest BCUT2D eigenvalue weighted by molar-refractivity contribution is 5.58. The molecule has 0 saturated heterocycles. The molecule has 152 valence electrons. The SMILES string of the molecule is Cc1ccc(Cn2nc(-c3nc(-c4ccc(C5(O)CCC5)cc4)no3)cc2C)cc1. The van der Waals surface area contributed by atoms with E-state index in [9.17, 15) is 5.11 Å². The maximum absolute atomic E-state index is 10.5. The lowest BCUT2D eigenvalue weighted by Crippen LogP contribution is -2.33. The fourth-order valence-electron chi connectivity index (χ4n) is 3.82. The van der Waals surface area contributed by atoms with Gasteiger partial charge < -0.3 is 9.63 Å². The molecule has 6 heteroatoms. The normalized spacial score (nSPS) is 15.2. The maximum Gasteiger partial charge on any atom is 0.278 e. The van der Waals surface area contributed by atoms with Crippen LogP contribution in [-0.2, 0) is 12.1 Å². The molecule has 1 aliphatic carbocycles. The third-order valence-electron chi connectivity index (χ3n) is 5.94. The van der Waals surface area contributed by atoms with E-state index in [0.717, 1.165) is 36.1 Å². The van der Waals surface area contributed by atoms with Crippen molar-refractivity contribution in [1.82, 2.24) is 19.9 Å². The second kappa shape index (κ2) is 7.22. The molecule has 2 aromatic carbocycles. The van der Waals surface area contributed by atoms with E-state index in [1.54, 1.807) is 0 Å². The molecule has 30 heavy (non-hydrogen) atoms. The summed E-state index contributed by atoms with van der Waals surface area (Å²) in [5.74, 6) is 0.917. The van der Waals surface area contributed by atoms with Crippen LogP contribution in [0.3, 0.4) is 0 Å². The smallest absolute Gasteiger partial charge is 0.278 e. The van der Waals surface area contributed by atoms with Crippen LogP contribution in [0, 0.1) is 13.8 Å². The Balaban J connectivity index is 1.36. The number of benzene rings is 2. The molecule has 4 aromatic rings. The Morgan fingerprint density at radius 3 is 2.43 bits per heavy atom. The van der Waals surface area contributed by atoms with Crippen LogP contribution in [0.5, 0.6) is 0 Å². The number of hydrogen-bond donors (Lipinski definition) is 1. The van der Waals surface area contributed by atoms with Crippen molar-refractivity contribution in [1.29, 1.82) is 0 Å². The number of aliphatic hydroxyl groups is 1. The number of rotatable bonds is 5. The summed E-state index contributed by atoms with van der Waals surface area (Å²) in [5.41, 5.74) is 5.27. The fraction of sp³-hybridized carbons (Fsp3) is 0.292. The molecule has 0 bridgehead atoms. The molecular formula is C24H24N4O2. The van der Waals surface area contributed by atoms with Crippen LogP contribution < -0.4 is 0 Å². The molecule has 1 N–H and O–H groups in total. The Bertz CT molecular complexity index is 1170. The molecular weight excluding hydrogens is 376 g/mol. The molecule has 5 rings (SSSR count). The van der Waals surface area contributed by atoms with Gasteiger partial charge in [-0.2, -0.15) is 10.1 Å². The van der Waals surface area contributed by atoms with Crippen LogP contribution in [0.4, 0.5) is 0 Å². The predicted octanol–water partition coefficient (Wildman–Crippen LogP) is 4.64. The van der Waals surface area contributed by atoms with Gasteiger partial charge in [0.25, 0.3) is 5.89 Å². The van der Waals surface area contributed by atoms with Crippen LogP contribution >= 0.6 is 0 Å². The first kappa shape index (κ1) is 18.8. The van der Waals surface area contributed by atoms with Gasteiger partial charge in [0.05, 0.1) is 12.1 Å². The molecule has 1 saturated carbocycles. The summed E-state index contributed by atoms with van der Waals surface area (Å²) in [4.78, 5) is 4.53. The minimum atomic E-state index is -0.664. The van der Waals surface area contributed by atoms with Crippen molar-refractivity contribution in [2.75, 3.05) is 0 Å². The third kappa shape index (κ3) is 3.44. The number of aryl methyl sites for hydroxylation is 2. The van der Waals surface area contributed by atoms with Gasteiger partial charge >= 0.3 is 0 Å². The van der Waals surface area contributed by atoms with Crippen molar-refractivity contribution in [3.05, 3.63) is 77.0 Å². The third-order valence-corrected chi connectivity index (χ3v) is 5.94. The lowest BCUT2D eigenvalue weighted by molar-refractivity contribution is -0.0387. The number of hydrogen-bond acceptors (Lipinski definition) is 5. The Morgan fingerprint density at radius 2 is 1.77 bits per heavy atom. The van der Waals surface area contributed by atoms with Gasteiger partial charge in [0, 0.05) is 11.3 Å². The molecule has 0 unspecified atom stereocenters. The topological polar surface area (TPSA) is 77.0 Å². The monoisotopic (exact) mass is 400 g/mol. The van der Waals surface area contributed by atoms with Crippen LogP contribution in [0.25, 0.3) is 23.0 Å². The summed E-state index contributed by atoms with van der Waals surface area (Å²) in [6.07, 6.45) is 2.72. The summed E-state index contributed by atoms with van der Waals surface area (Å²) in [6, 6.07) is 18.2. The lowest BCUT2D eigenvalue weighted by atomic mass is 9.75. The van der Waals surface area contributed by atoms with E-state index in [1.165, 1.54) is 11.1 Å². The zero-order chi connectivity index (χ0) is 20.7. The van der Waals surface area contributed by atoms with E-state index in [0.29, 0.717) is 24.0 Å². The molecule has 0 atom stereocenters. The second-order valence-corrected chi connectivity index (χ2v) is 8.20. The van der Waals surface area contributed by atoms with E-state index in [-0.39, 0.29) is 0 Å². The van der Waals surface area contributed by atoms with Crippen LogP contribution in [0.1, 0.15) is 41.6 Å². The average molecular weight is 400 g/mol. The molecule has 6 nitrogen and oxygen atoms in total. The molecule has 1 aliphatic rings. The Morgan fingerprint density at radius 1 is 1.03 bits per heavy atom. The molecule has 2 aromatic heterocycles. The summed E-state index contributed by atoms with van der Waals surface area (Å²) >= 11 is 0. The quantitative estimate of drug-likeness (QED) is 0.528. The van der Waals surface area contributed by atoms with Crippen LogP contribution in [-0.4, -0.2) is 25.0 Å². The minimum absolute atomic E-state index is 0.400. The molecule has 0 amide bonds. The number of aromatic nitrogens is 4. The van der Waals surface area contributed by atoms with Crippen molar-refractivity contribution in [3.63, 3.8) is 0 Å². The van der Waals surface area contributed by atoms with Gasteiger partial charge in [0.1, 0.15) is 0 Å². The van der Waals surface area contributed by atoms with Crippen molar-refractivity contribution >= 4 is 0 Å². The highest BCUT2D eigenvalue weighted by Gasteiger charge is 2.36. The average Bonchev–Trinajstić information content (AvgIpc) is 3.35. The Hall–Kier alpha value is -3.25. The molecule has 2 heterocycles. The van der Waals surface area contributed by atoms with Crippen LogP contribution in [0.2, 0.25) is 0 Å². The first-order valence-electron chi connectivity index (χ1n) is 10.3. The van der Waals surface area contributed by atoms with Gasteiger partial charge in [-0.05, 0) is 50.3 Å². The summed E-state index contributed by atoms with van der Waals surface area (Å²) in [5, 5.41) is 19.3. The van der Waals surface area contributed by atoms with Gasteiger partial charge in [-0.25, -0.2) is 0 Å². The summed E-state index contributed by atoms with van der Waals surface area (Å²) < 4.78 is 7.43. The van der Waals surface area contributed by atoms with E-state index in [2.05, 4.69) is 46.4 Å². The largest absolute Gasteiger partial charge is 0.385 e. The lowest BCUT2D eigenvalue weighted by Gasteiger charge is -2.37. The molecule has 0 spiro atoms. The van der Waals surface area contributed by atoms with Crippen molar-refractivity contribution in [3.8, 4) is 23.0 Å². The molecule has 0 aliphatic heterocycles. The summed E-state index contributed by atoms with van der Waals surface area (Å²) in [6.45, 7) is 4.79. The number of nitrogens with zero attached hydrogens (tertiary/aromatic N) is 4. The van der Waals surface area contributed by atoms with E-state index in [1.807, 2.05) is 41.9 Å². The van der Waals surface area contributed by atoms with Crippen molar-refractivity contribution in [2.24, 2.45) is 0 Å². The minimum Gasteiger partial charge on any atom is -0.385 e. The maximum atomic E-state index is 10.5. The zero-order valence-electron chi connectivity index (χ0n) is 17.2. The van der Waals surface area contributed by atoms with E-state index in [4.69, 9.17) is 4.52 Å². The highest BCUT2D eigenvalue weighted by Crippen LogP contribution is 2.41. The Kier molecular flexibility index (Phi) is 4.51. The fourth-order valence-corrected chi connectivity index (χ4v) is 3.82. The van der Waals surface area contributed by atoms with Gasteiger partial charge in [-0.15, -0.1) is 0 Å². The standard InChI is InChI=1S/C24H24N4O2/c1-16-4-6-18(7-5-16)15-28-17(2)14-21(26-28)23-25-22(27-30-23)19-8-10-20(11-9-19)24(29)12-3-13-24/h4-11,14,29H,3,12-13,15H2,1-2H3. The van der Waals surface area contributed by atoms with Gasteiger partial charge in [0.15, 0.2) is 5.69 Å².